The van der Waals surface area contributed by atoms with Crippen LogP contribution in [0.2, 0.25) is 0 Å². The molecule has 0 radical (unpaired) electrons. The molecule has 0 N–H and O–H groups in total. The Kier molecular flexibility index (Phi) is 5.58. The third-order valence-electron chi connectivity index (χ3n) is 6.05. The highest BCUT2D eigenvalue weighted by atomic mass is 16.6. The number of ether oxygens (including phenoxy) is 1. The van der Waals surface area contributed by atoms with Crippen LogP contribution in [0, 0.1) is 23.7 Å². The van der Waals surface area contributed by atoms with E-state index in [2.05, 4.69) is 0 Å². The summed E-state index contributed by atoms with van der Waals surface area (Å²) in [7, 11) is 0. The van der Waals surface area contributed by atoms with Gasteiger partial charge in [-0.15, -0.1) is 0 Å². The Hall–Kier alpha value is -1.59. The van der Waals surface area contributed by atoms with E-state index >= 15 is 0 Å². The van der Waals surface area contributed by atoms with Crippen LogP contribution in [0.4, 0.5) is 4.79 Å². The van der Waals surface area contributed by atoms with Crippen molar-refractivity contribution in [3.63, 3.8) is 0 Å². The molecule has 1 saturated carbocycles. The Morgan fingerprint density at radius 3 is 2.50 bits per heavy atom. The fourth-order valence-corrected chi connectivity index (χ4v) is 4.62. The first-order chi connectivity index (χ1) is 12.3. The summed E-state index contributed by atoms with van der Waals surface area (Å²) in [5.74, 6) is 1.24. The summed E-state index contributed by atoms with van der Waals surface area (Å²) in [5, 5.41) is 0. The van der Waals surface area contributed by atoms with Crippen LogP contribution in [0.1, 0.15) is 52.9 Å². The van der Waals surface area contributed by atoms with Crippen molar-refractivity contribution in [3.05, 3.63) is 0 Å². The molecule has 0 spiro atoms. The van der Waals surface area contributed by atoms with Gasteiger partial charge < -0.3 is 19.3 Å². The quantitative estimate of drug-likeness (QED) is 0.722. The van der Waals surface area contributed by atoms with Gasteiger partial charge in [0.1, 0.15) is 11.9 Å². The molecule has 6 nitrogen and oxygen atoms in total. The summed E-state index contributed by atoms with van der Waals surface area (Å²) in [6, 6.07) is 0. The number of carbonyl (C=O) groups is 3. The van der Waals surface area contributed by atoms with Crippen LogP contribution in [-0.2, 0) is 14.3 Å². The number of amides is 2. The number of fused-ring (bicyclic) bond motifs is 1. The highest BCUT2D eigenvalue weighted by Gasteiger charge is 2.44. The first-order valence-electron chi connectivity index (χ1n) is 9.99. The minimum Gasteiger partial charge on any atom is -0.444 e. The molecule has 3 rings (SSSR count). The molecule has 2 heterocycles. The number of carbonyl (C=O) groups excluding carboxylic acids is 3. The second-order valence-corrected chi connectivity index (χ2v) is 9.23. The fraction of sp³-hybridized carbons (Fsp3) is 0.850. The predicted molar refractivity (Wildman–Crippen MR) is 97.5 cm³/mol. The Balaban J connectivity index is 1.47. The third-order valence-corrected chi connectivity index (χ3v) is 6.05. The molecule has 26 heavy (non-hydrogen) atoms. The maximum atomic E-state index is 12.7. The zero-order valence-corrected chi connectivity index (χ0v) is 16.3. The van der Waals surface area contributed by atoms with Gasteiger partial charge in [0.2, 0.25) is 5.91 Å². The molecule has 0 aromatic heterocycles. The molecule has 0 aromatic rings. The summed E-state index contributed by atoms with van der Waals surface area (Å²) in [6.07, 6.45) is 5.27. The first-order valence-corrected chi connectivity index (χ1v) is 9.99. The van der Waals surface area contributed by atoms with Gasteiger partial charge in [-0.2, -0.15) is 0 Å². The Bertz CT molecular complexity index is 549. The molecular formula is C20H32N2O4. The topological polar surface area (TPSA) is 66.9 Å². The maximum absolute atomic E-state index is 12.7. The van der Waals surface area contributed by atoms with Gasteiger partial charge in [-0.25, -0.2) is 4.79 Å². The monoisotopic (exact) mass is 364 g/mol. The van der Waals surface area contributed by atoms with Crippen molar-refractivity contribution in [2.75, 3.05) is 26.2 Å². The first kappa shape index (κ1) is 19.2. The average Bonchev–Trinajstić information content (AvgIpc) is 2.89. The van der Waals surface area contributed by atoms with Gasteiger partial charge >= 0.3 is 6.09 Å². The largest absolute Gasteiger partial charge is 0.444 e. The van der Waals surface area contributed by atoms with E-state index in [9.17, 15) is 14.4 Å². The molecule has 3 aliphatic rings. The Labute approximate surface area is 156 Å². The molecule has 146 valence electrons. The van der Waals surface area contributed by atoms with Crippen LogP contribution >= 0.6 is 0 Å². The van der Waals surface area contributed by atoms with E-state index in [1.165, 1.54) is 0 Å². The molecule has 6 heteroatoms. The molecule has 1 aliphatic carbocycles. The van der Waals surface area contributed by atoms with Crippen molar-refractivity contribution in [3.8, 4) is 0 Å². The molecule has 2 saturated heterocycles. The van der Waals surface area contributed by atoms with Crippen LogP contribution in [0.3, 0.4) is 0 Å². The van der Waals surface area contributed by atoms with Crippen LogP contribution in [0.15, 0.2) is 0 Å². The molecule has 2 amide bonds. The number of piperidine rings is 1. The van der Waals surface area contributed by atoms with E-state index in [0.29, 0.717) is 24.9 Å². The molecule has 3 fully saturated rings. The summed E-state index contributed by atoms with van der Waals surface area (Å²) < 4.78 is 5.44. The van der Waals surface area contributed by atoms with Gasteiger partial charge in [0.25, 0.3) is 0 Å². The standard InChI is InChI=1S/C20H32N2O4/c1-20(2,3)26-19(25)21-8-6-14(7-9-21)11-22-12-16-5-4-15(13-23)10-17(16)18(22)24/h13-17H,4-12H2,1-3H3. The number of hydrogen-bond donors (Lipinski definition) is 0. The van der Waals surface area contributed by atoms with E-state index in [4.69, 9.17) is 4.74 Å². The number of nitrogens with zero attached hydrogens (tertiary/aromatic N) is 2. The minimum absolute atomic E-state index is 0.0563. The van der Waals surface area contributed by atoms with Crippen molar-refractivity contribution in [1.82, 2.24) is 9.80 Å². The lowest BCUT2D eigenvalue weighted by atomic mass is 9.76. The van der Waals surface area contributed by atoms with Gasteiger partial charge in [-0.1, -0.05) is 0 Å². The van der Waals surface area contributed by atoms with Crippen molar-refractivity contribution < 1.29 is 19.1 Å². The van der Waals surface area contributed by atoms with E-state index in [-0.39, 0.29) is 23.8 Å². The number of likely N-dealkylation sites (tertiary alicyclic amines) is 2. The van der Waals surface area contributed by atoms with Gasteiger partial charge in [0, 0.05) is 38.0 Å². The fourth-order valence-electron chi connectivity index (χ4n) is 4.62. The van der Waals surface area contributed by atoms with E-state index in [1.54, 1.807) is 4.90 Å². The molecule has 0 aromatic carbocycles. The van der Waals surface area contributed by atoms with Gasteiger partial charge in [0.05, 0.1) is 0 Å². The SMILES string of the molecule is CC(C)(C)OC(=O)N1CCC(CN2CC3CCC(C=O)CC3C2=O)CC1. The maximum Gasteiger partial charge on any atom is 0.410 e. The number of hydrogen-bond acceptors (Lipinski definition) is 4. The molecular weight excluding hydrogens is 332 g/mol. The van der Waals surface area contributed by atoms with Crippen LogP contribution < -0.4 is 0 Å². The zero-order valence-electron chi connectivity index (χ0n) is 16.3. The lowest BCUT2D eigenvalue weighted by Crippen LogP contribution is -2.44. The molecule has 3 atom stereocenters. The van der Waals surface area contributed by atoms with E-state index in [1.807, 2.05) is 25.7 Å². The molecule has 2 aliphatic heterocycles. The van der Waals surface area contributed by atoms with Crippen LogP contribution in [0.25, 0.3) is 0 Å². The Morgan fingerprint density at radius 2 is 1.88 bits per heavy atom. The van der Waals surface area contributed by atoms with Crippen molar-refractivity contribution >= 4 is 18.3 Å². The second-order valence-electron chi connectivity index (χ2n) is 9.23. The van der Waals surface area contributed by atoms with Gasteiger partial charge in [0.15, 0.2) is 0 Å². The zero-order chi connectivity index (χ0) is 18.9. The summed E-state index contributed by atoms with van der Waals surface area (Å²) >= 11 is 0. The second kappa shape index (κ2) is 7.57. The number of aldehydes is 1. The van der Waals surface area contributed by atoms with Crippen LogP contribution in [0.5, 0.6) is 0 Å². The highest BCUT2D eigenvalue weighted by molar-refractivity contribution is 5.82. The summed E-state index contributed by atoms with van der Waals surface area (Å²) in [6.45, 7) is 8.67. The number of rotatable bonds is 3. The average molecular weight is 364 g/mol. The van der Waals surface area contributed by atoms with Crippen molar-refractivity contribution in [1.29, 1.82) is 0 Å². The Morgan fingerprint density at radius 1 is 1.19 bits per heavy atom. The predicted octanol–water partition coefficient (Wildman–Crippen LogP) is 2.71. The minimum atomic E-state index is -0.467. The smallest absolute Gasteiger partial charge is 0.410 e. The summed E-state index contributed by atoms with van der Waals surface area (Å²) in [5.41, 5.74) is -0.467. The lowest BCUT2D eigenvalue weighted by molar-refractivity contribution is -0.133. The van der Waals surface area contributed by atoms with Crippen LogP contribution in [-0.4, -0.2) is 59.9 Å². The molecule has 3 unspecified atom stereocenters. The van der Waals surface area contributed by atoms with Gasteiger partial charge in [-0.3, -0.25) is 4.79 Å². The highest BCUT2D eigenvalue weighted by Crippen LogP contribution is 2.39. The molecule has 0 bridgehead atoms. The van der Waals surface area contributed by atoms with Crippen molar-refractivity contribution in [2.45, 2.75) is 58.5 Å². The normalized spacial score (nSPS) is 30.3. The van der Waals surface area contributed by atoms with E-state index < -0.39 is 5.60 Å². The lowest BCUT2D eigenvalue weighted by Gasteiger charge is -2.35. The van der Waals surface area contributed by atoms with E-state index in [0.717, 1.165) is 51.5 Å². The van der Waals surface area contributed by atoms with Crippen molar-refractivity contribution in [2.24, 2.45) is 23.7 Å². The third kappa shape index (κ3) is 4.38. The summed E-state index contributed by atoms with van der Waals surface area (Å²) in [4.78, 5) is 39.7. The van der Waals surface area contributed by atoms with Gasteiger partial charge in [-0.05, 0) is 64.7 Å².